The Morgan fingerprint density at radius 2 is 1.66 bits per heavy atom. The number of hydrogen-bond acceptors (Lipinski definition) is 7. The van der Waals surface area contributed by atoms with Crippen LogP contribution in [-0.4, -0.2) is 41.7 Å². The molecule has 1 aromatic heterocycles. The molecule has 0 spiro atoms. The van der Waals surface area contributed by atoms with E-state index in [2.05, 4.69) is 0 Å². The highest BCUT2D eigenvalue weighted by Gasteiger charge is 2.36. The molecule has 2 amide bonds. The van der Waals surface area contributed by atoms with Gasteiger partial charge in [0.25, 0.3) is 11.8 Å². The lowest BCUT2D eigenvalue weighted by Gasteiger charge is -2.13. The van der Waals surface area contributed by atoms with Crippen LogP contribution in [0.5, 0.6) is 5.75 Å². The van der Waals surface area contributed by atoms with Crippen molar-refractivity contribution < 1.29 is 33.1 Å². The standard InChI is InChI=1S/C24H19NO7/c1-14(21(26)15-5-8-17(30-2)9-6-15)32-24(29)16-7-10-19-20(12-16)23(28)25(22(19)27)13-18-4-3-11-31-18/h3-12,14H,13H2,1-2H3. The third-order valence-electron chi connectivity index (χ3n) is 5.13. The summed E-state index contributed by atoms with van der Waals surface area (Å²) in [4.78, 5) is 51.5. The van der Waals surface area contributed by atoms with Gasteiger partial charge in [0.15, 0.2) is 6.10 Å². The minimum absolute atomic E-state index is 0.00742. The van der Waals surface area contributed by atoms with Crippen molar-refractivity contribution in [3.8, 4) is 5.75 Å². The first-order chi connectivity index (χ1) is 15.4. The molecule has 32 heavy (non-hydrogen) atoms. The average molecular weight is 433 g/mol. The van der Waals surface area contributed by atoms with Crippen molar-refractivity contribution in [3.63, 3.8) is 0 Å². The number of amides is 2. The van der Waals surface area contributed by atoms with Crippen molar-refractivity contribution in [2.45, 2.75) is 19.6 Å². The van der Waals surface area contributed by atoms with Gasteiger partial charge in [0.2, 0.25) is 5.78 Å². The van der Waals surface area contributed by atoms with Crippen LogP contribution < -0.4 is 4.74 Å². The monoisotopic (exact) mass is 433 g/mol. The van der Waals surface area contributed by atoms with Gasteiger partial charge in [-0.15, -0.1) is 0 Å². The Kier molecular flexibility index (Phi) is 5.59. The first kappa shape index (κ1) is 21.0. The maximum absolute atomic E-state index is 12.7. The van der Waals surface area contributed by atoms with Crippen LogP contribution in [0.4, 0.5) is 0 Å². The Balaban J connectivity index is 1.47. The van der Waals surface area contributed by atoms with Gasteiger partial charge in [-0.1, -0.05) is 0 Å². The SMILES string of the molecule is COc1ccc(C(=O)C(C)OC(=O)c2ccc3c(c2)C(=O)N(Cc2ccco2)C3=O)cc1. The minimum Gasteiger partial charge on any atom is -0.497 e. The Labute approximate surface area is 183 Å². The lowest BCUT2D eigenvalue weighted by atomic mass is 10.1. The number of methoxy groups -OCH3 is 1. The number of carbonyl (C=O) groups excluding carboxylic acids is 4. The fourth-order valence-electron chi connectivity index (χ4n) is 3.39. The zero-order valence-corrected chi connectivity index (χ0v) is 17.4. The summed E-state index contributed by atoms with van der Waals surface area (Å²) >= 11 is 0. The predicted molar refractivity (Wildman–Crippen MR) is 112 cm³/mol. The molecule has 4 rings (SSSR count). The molecule has 1 atom stereocenters. The van der Waals surface area contributed by atoms with Crippen molar-refractivity contribution in [2.24, 2.45) is 0 Å². The first-order valence-electron chi connectivity index (χ1n) is 9.81. The van der Waals surface area contributed by atoms with Gasteiger partial charge in [0, 0.05) is 5.56 Å². The van der Waals surface area contributed by atoms with Gasteiger partial charge in [0.1, 0.15) is 11.5 Å². The third kappa shape index (κ3) is 3.90. The predicted octanol–water partition coefficient (Wildman–Crippen LogP) is 3.51. The molecule has 1 unspecified atom stereocenters. The number of imide groups is 1. The number of furan rings is 1. The minimum atomic E-state index is -1.04. The van der Waals surface area contributed by atoms with Crippen LogP contribution in [0.15, 0.2) is 65.3 Å². The van der Waals surface area contributed by atoms with E-state index >= 15 is 0 Å². The van der Waals surface area contributed by atoms with Crippen LogP contribution in [0.3, 0.4) is 0 Å². The van der Waals surface area contributed by atoms with Crippen molar-refractivity contribution in [1.29, 1.82) is 0 Å². The van der Waals surface area contributed by atoms with Gasteiger partial charge in [-0.2, -0.15) is 0 Å². The molecule has 1 aliphatic heterocycles. The molecule has 2 heterocycles. The molecule has 3 aromatic rings. The van der Waals surface area contributed by atoms with Gasteiger partial charge in [-0.25, -0.2) is 4.79 Å². The number of nitrogens with zero attached hydrogens (tertiary/aromatic N) is 1. The van der Waals surface area contributed by atoms with Crippen molar-refractivity contribution in [1.82, 2.24) is 4.90 Å². The Hall–Kier alpha value is -4.20. The Morgan fingerprint density at radius 3 is 2.31 bits per heavy atom. The topological polar surface area (TPSA) is 103 Å². The second-order valence-electron chi connectivity index (χ2n) is 7.18. The van der Waals surface area contributed by atoms with E-state index in [4.69, 9.17) is 13.9 Å². The fraction of sp³-hybridized carbons (Fsp3) is 0.167. The highest BCUT2D eigenvalue weighted by Crippen LogP contribution is 2.26. The van der Waals surface area contributed by atoms with E-state index < -0.39 is 23.9 Å². The Morgan fingerprint density at radius 1 is 0.969 bits per heavy atom. The van der Waals surface area contributed by atoms with E-state index in [9.17, 15) is 19.2 Å². The molecule has 0 bridgehead atoms. The van der Waals surface area contributed by atoms with E-state index in [1.807, 2.05) is 0 Å². The van der Waals surface area contributed by atoms with E-state index in [0.717, 1.165) is 4.90 Å². The number of rotatable bonds is 7. The highest BCUT2D eigenvalue weighted by molar-refractivity contribution is 6.21. The molecule has 2 aromatic carbocycles. The first-order valence-corrected chi connectivity index (χ1v) is 9.81. The second-order valence-corrected chi connectivity index (χ2v) is 7.18. The van der Waals surface area contributed by atoms with Crippen LogP contribution in [0.1, 0.15) is 54.1 Å². The van der Waals surface area contributed by atoms with Gasteiger partial charge in [-0.3, -0.25) is 19.3 Å². The zero-order chi connectivity index (χ0) is 22.8. The number of ether oxygens (including phenoxy) is 2. The van der Waals surface area contributed by atoms with Gasteiger partial charge >= 0.3 is 5.97 Å². The summed E-state index contributed by atoms with van der Waals surface area (Å²) in [6, 6.07) is 13.9. The van der Waals surface area contributed by atoms with Gasteiger partial charge in [0.05, 0.1) is 36.6 Å². The quantitative estimate of drug-likeness (QED) is 0.319. The summed E-state index contributed by atoms with van der Waals surface area (Å²) in [5.41, 5.74) is 0.735. The van der Waals surface area contributed by atoms with Crippen molar-refractivity contribution >= 4 is 23.6 Å². The van der Waals surface area contributed by atoms with Crippen LogP contribution in [0, 0.1) is 0 Å². The summed E-state index contributed by atoms with van der Waals surface area (Å²) in [7, 11) is 1.52. The summed E-state index contributed by atoms with van der Waals surface area (Å²) in [5, 5.41) is 0. The maximum atomic E-state index is 12.7. The van der Waals surface area contributed by atoms with Crippen LogP contribution >= 0.6 is 0 Å². The van der Waals surface area contributed by atoms with Gasteiger partial charge in [-0.05, 0) is 61.5 Å². The van der Waals surface area contributed by atoms with E-state index in [-0.39, 0.29) is 29.0 Å². The molecule has 1 aliphatic rings. The number of benzene rings is 2. The summed E-state index contributed by atoms with van der Waals surface area (Å²) < 4.78 is 15.6. The summed E-state index contributed by atoms with van der Waals surface area (Å²) in [5.74, 6) is -1.08. The lowest BCUT2D eigenvalue weighted by Crippen LogP contribution is -2.28. The largest absolute Gasteiger partial charge is 0.497 e. The third-order valence-corrected chi connectivity index (χ3v) is 5.13. The van der Waals surface area contributed by atoms with Crippen LogP contribution in [-0.2, 0) is 11.3 Å². The normalized spacial score (nSPS) is 13.6. The van der Waals surface area contributed by atoms with Crippen molar-refractivity contribution in [3.05, 3.63) is 88.9 Å². The molecule has 8 nitrogen and oxygen atoms in total. The van der Waals surface area contributed by atoms with E-state index in [1.54, 1.807) is 36.4 Å². The number of carbonyl (C=O) groups is 4. The second kappa shape index (κ2) is 8.50. The van der Waals surface area contributed by atoms with Crippen LogP contribution in [0.25, 0.3) is 0 Å². The number of Topliss-reactive ketones (excluding diaryl/α,β-unsaturated/α-hetero) is 1. The fourth-order valence-corrected chi connectivity index (χ4v) is 3.39. The molecule has 0 N–H and O–H groups in total. The molecule has 0 radical (unpaired) electrons. The van der Waals surface area contributed by atoms with Crippen molar-refractivity contribution in [2.75, 3.05) is 7.11 Å². The van der Waals surface area contributed by atoms with E-state index in [0.29, 0.717) is 17.1 Å². The number of hydrogen-bond donors (Lipinski definition) is 0. The summed E-state index contributed by atoms with van der Waals surface area (Å²) in [6.07, 6.45) is 0.410. The number of esters is 1. The smallest absolute Gasteiger partial charge is 0.338 e. The van der Waals surface area contributed by atoms with E-state index in [1.165, 1.54) is 38.5 Å². The molecule has 0 saturated heterocycles. The molecule has 0 fully saturated rings. The van der Waals surface area contributed by atoms with Gasteiger partial charge < -0.3 is 13.9 Å². The van der Waals surface area contributed by atoms with Crippen LogP contribution in [0.2, 0.25) is 0 Å². The average Bonchev–Trinajstić information content (AvgIpc) is 3.41. The molecule has 8 heteroatoms. The molecular formula is C24H19NO7. The number of fused-ring (bicyclic) bond motifs is 1. The highest BCUT2D eigenvalue weighted by atomic mass is 16.5. The maximum Gasteiger partial charge on any atom is 0.338 e. The lowest BCUT2D eigenvalue weighted by molar-refractivity contribution is 0.0318. The molecule has 162 valence electrons. The Bertz CT molecular complexity index is 1200. The summed E-state index contributed by atoms with van der Waals surface area (Å²) in [6.45, 7) is 1.46. The molecule has 0 aliphatic carbocycles. The molecular weight excluding hydrogens is 414 g/mol. The zero-order valence-electron chi connectivity index (χ0n) is 17.4. The molecule has 0 saturated carbocycles. The number of ketones is 1.